The van der Waals surface area contributed by atoms with Crippen molar-refractivity contribution in [3.8, 4) is 5.75 Å². The van der Waals surface area contributed by atoms with E-state index in [-0.39, 0.29) is 11.5 Å². The Bertz CT molecular complexity index is 741. The van der Waals surface area contributed by atoms with Crippen LogP contribution in [-0.4, -0.2) is 5.60 Å². The van der Waals surface area contributed by atoms with Gasteiger partial charge in [-0.25, -0.2) is 0 Å². The zero-order valence-electron chi connectivity index (χ0n) is 15.0. The first-order valence-corrected chi connectivity index (χ1v) is 8.41. The molecule has 0 spiro atoms. The quantitative estimate of drug-likeness (QED) is 0.763. The van der Waals surface area contributed by atoms with Gasteiger partial charge in [-0.05, 0) is 61.9 Å². The number of aryl methyl sites for hydroxylation is 1. The van der Waals surface area contributed by atoms with Gasteiger partial charge in [-0.3, -0.25) is 0 Å². The van der Waals surface area contributed by atoms with Crippen molar-refractivity contribution in [1.82, 2.24) is 0 Å². The summed E-state index contributed by atoms with van der Waals surface area (Å²) >= 11 is 0. The molecule has 1 unspecified atom stereocenters. The Hall–Kier alpha value is -1.96. The highest BCUT2D eigenvalue weighted by atomic mass is 16.5. The molecule has 2 aromatic carbocycles. The van der Waals surface area contributed by atoms with Crippen LogP contribution in [0.25, 0.3) is 0 Å². The maximum absolute atomic E-state index is 6.30. The summed E-state index contributed by atoms with van der Waals surface area (Å²) in [4.78, 5) is 0. The number of hydrogen-bond donors (Lipinski definition) is 1. The molecule has 0 bridgehead atoms. The molecule has 23 heavy (non-hydrogen) atoms. The van der Waals surface area contributed by atoms with Gasteiger partial charge in [0.05, 0.1) is 5.92 Å². The molecule has 1 heterocycles. The lowest BCUT2D eigenvalue weighted by molar-refractivity contribution is 0.122. The summed E-state index contributed by atoms with van der Waals surface area (Å²) in [6.07, 6.45) is 0. The van der Waals surface area contributed by atoms with Gasteiger partial charge in [-0.2, -0.15) is 0 Å². The predicted molar refractivity (Wildman–Crippen MR) is 97.4 cm³/mol. The third kappa shape index (κ3) is 2.50. The Balaban J connectivity index is 2.15. The van der Waals surface area contributed by atoms with Crippen molar-refractivity contribution in [1.29, 1.82) is 0 Å². The average molecular weight is 309 g/mol. The minimum Gasteiger partial charge on any atom is -0.487 e. The topological polar surface area (TPSA) is 35.2 Å². The lowest BCUT2D eigenvalue weighted by Crippen LogP contribution is -2.31. The van der Waals surface area contributed by atoms with E-state index in [0.29, 0.717) is 5.92 Å². The number of hydrogen-bond acceptors (Lipinski definition) is 2. The van der Waals surface area contributed by atoms with Crippen LogP contribution in [0.5, 0.6) is 5.75 Å². The third-order valence-corrected chi connectivity index (χ3v) is 5.14. The lowest BCUT2D eigenvalue weighted by atomic mass is 9.78. The summed E-state index contributed by atoms with van der Waals surface area (Å²) in [5, 5.41) is 0. The van der Waals surface area contributed by atoms with E-state index in [0.717, 1.165) is 22.6 Å². The second kappa shape index (κ2) is 5.30. The number of anilines is 1. The zero-order chi connectivity index (χ0) is 16.9. The SMILES string of the molecule is Cc1cc2c(c(C)c1N)C(c1ccc(C(C)C)cc1)C(C)(C)O2. The molecule has 2 N–H and O–H groups in total. The van der Waals surface area contributed by atoms with Gasteiger partial charge in [0.2, 0.25) is 0 Å². The molecule has 1 atom stereocenters. The smallest absolute Gasteiger partial charge is 0.124 e. The van der Waals surface area contributed by atoms with Gasteiger partial charge in [0.15, 0.2) is 0 Å². The normalized spacial score (nSPS) is 18.8. The fraction of sp³-hybridized carbons (Fsp3) is 0.429. The summed E-state index contributed by atoms with van der Waals surface area (Å²) in [6, 6.07) is 11.1. The number of nitrogens with two attached hydrogens (primary N) is 1. The van der Waals surface area contributed by atoms with Crippen molar-refractivity contribution in [2.45, 2.75) is 59.0 Å². The number of fused-ring (bicyclic) bond motifs is 1. The molecule has 0 saturated heterocycles. The van der Waals surface area contributed by atoms with Crippen molar-refractivity contribution in [2.75, 3.05) is 5.73 Å². The molecule has 0 radical (unpaired) electrons. The van der Waals surface area contributed by atoms with Crippen molar-refractivity contribution in [3.05, 3.63) is 58.1 Å². The van der Waals surface area contributed by atoms with E-state index in [1.807, 2.05) is 6.92 Å². The van der Waals surface area contributed by atoms with Gasteiger partial charge in [-0.1, -0.05) is 38.1 Å². The minimum absolute atomic E-state index is 0.210. The first kappa shape index (κ1) is 15.9. The highest BCUT2D eigenvalue weighted by molar-refractivity contribution is 5.65. The van der Waals surface area contributed by atoms with E-state index in [1.54, 1.807) is 0 Å². The number of ether oxygens (including phenoxy) is 1. The molecular formula is C21H27NO. The van der Waals surface area contributed by atoms with E-state index in [9.17, 15) is 0 Å². The van der Waals surface area contributed by atoms with Crippen molar-refractivity contribution in [2.24, 2.45) is 0 Å². The molecular weight excluding hydrogens is 282 g/mol. The Labute approximate surface area is 139 Å². The Morgan fingerprint density at radius 2 is 1.70 bits per heavy atom. The molecule has 0 aromatic heterocycles. The average Bonchev–Trinajstić information content (AvgIpc) is 2.75. The van der Waals surface area contributed by atoms with Crippen molar-refractivity contribution in [3.63, 3.8) is 0 Å². The monoisotopic (exact) mass is 309 g/mol. The van der Waals surface area contributed by atoms with Crippen LogP contribution in [-0.2, 0) is 0 Å². The molecule has 1 aliphatic heterocycles. The molecule has 122 valence electrons. The van der Waals surface area contributed by atoms with Crippen LogP contribution in [0.3, 0.4) is 0 Å². The van der Waals surface area contributed by atoms with E-state index >= 15 is 0 Å². The van der Waals surface area contributed by atoms with Gasteiger partial charge < -0.3 is 10.5 Å². The number of nitrogen functional groups attached to an aromatic ring is 1. The van der Waals surface area contributed by atoms with Gasteiger partial charge in [0.25, 0.3) is 0 Å². The first-order valence-electron chi connectivity index (χ1n) is 8.41. The van der Waals surface area contributed by atoms with E-state index in [1.165, 1.54) is 16.7 Å². The van der Waals surface area contributed by atoms with Gasteiger partial charge in [0.1, 0.15) is 11.4 Å². The first-order chi connectivity index (χ1) is 10.7. The van der Waals surface area contributed by atoms with Crippen LogP contribution in [0.1, 0.15) is 67.3 Å². The van der Waals surface area contributed by atoms with Crippen LogP contribution in [0.2, 0.25) is 0 Å². The Kier molecular flexibility index (Phi) is 3.66. The highest BCUT2D eigenvalue weighted by Gasteiger charge is 2.43. The molecule has 3 rings (SSSR count). The summed E-state index contributed by atoms with van der Waals surface area (Å²) in [5.41, 5.74) is 13.1. The van der Waals surface area contributed by atoms with Crippen LogP contribution in [0.4, 0.5) is 5.69 Å². The summed E-state index contributed by atoms with van der Waals surface area (Å²) in [7, 11) is 0. The minimum atomic E-state index is -0.271. The van der Waals surface area contributed by atoms with Gasteiger partial charge in [0, 0.05) is 11.3 Å². The number of rotatable bonds is 2. The van der Waals surface area contributed by atoms with Crippen LogP contribution in [0, 0.1) is 13.8 Å². The molecule has 0 amide bonds. The zero-order valence-corrected chi connectivity index (χ0v) is 15.0. The fourth-order valence-electron chi connectivity index (χ4n) is 3.75. The molecule has 0 fully saturated rings. The molecule has 0 aliphatic carbocycles. The molecule has 2 aromatic rings. The predicted octanol–water partition coefficient (Wildman–Crippen LogP) is 5.31. The lowest BCUT2D eigenvalue weighted by Gasteiger charge is -2.27. The van der Waals surface area contributed by atoms with Crippen LogP contribution >= 0.6 is 0 Å². The second-order valence-corrected chi connectivity index (χ2v) is 7.60. The Morgan fingerprint density at radius 3 is 2.26 bits per heavy atom. The van der Waals surface area contributed by atoms with Crippen LogP contribution < -0.4 is 10.5 Å². The fourth-order valence-corrected chi connectivity index (χ4v) is 3.75. The van der Waals surface area contributed by atoms with Gasteiger partial charge >= 0.3 is 0 Å². The molecule has 1 aliphatic rings. The van der Waals surface area contributed by atoms with Crippen LogP contribution in [0.15, 0.2) is 30.3 Å². The van der Waals surface area contributed by atoms with E-state index < -0.39 is 0 Å². The highest BCUT2D eigenvalue weighted by Crippen LogP contribution is 2.51. The van der Waals surface area contributed by atoms with E-state index in [2.05, 4.69) is 65.0 Å². The maximum Gasteiger partial charge on any atom is 0.124 e. The molecule has 0 saturated carbocycles. The molecule has 2 heteroatoms. The van der Waals surface area contributed by atoms with Crippen molar-refractivity contribution < 1.29 is 4.74 Å². The largest absolute Gasteiger partial charge is 0.487 e. The van der Waals surface area contributed by atoms with Gasteiger partial charge in [-0.15, -0.1) is 0 Å². The standard InChI is InChI=1S/C21H27NO/c1-12(2)15-7-9-16(10-8-15)19-18-14(4)20(22)13(3)11-17(18)23-21(19,5)6/h7-12,19H,22H2,1-6H3. The summed E-state index contributed by atoms with van der Waals surface area (Å²) < 4.78 is 6.30. The Morgan fingerprint density at radius 1 is 1.09 bits per heavy atom. The van der Waals surface area contributed by atoms with E-state index in [4.69, 9.17) is 10.5 Å². The van der Waals surface area contributed by atoms with Crippen molar-refractivity contribution >= 4 is 5.69 Å². The number of benzene rings is 2. The third-order valence-electron chi connectivity index (χ3n) is 5.14. The summed E-state index contributed by atoms with van der Waals surface area (Å²) in [5.74, 6) is 1.74. The second-order valence-electron chi connectivity index (χ2n) is 7.60. The molecule has 2 nitrogen and oxygen atoms in total. The summed E-state index contributed by atoms with van der Waals surface area (Å²) in [6.45, 7) is 12.9. The maximum atomic E-state index is 6.30.